The van der Waals surface area contributed by atoms with Crippen molar-refractivity contribution in [1.29, 1.82) is 0 Å². The molecular weight excluding hydrogens is 268 g/mol. The molecule has 0 radical (unpaired) electrons. The maximum Gasteiger partial charge on any atom is 0.231 e. The number of pyridine rings is 1. The number of nitrogens with one attached hydrogen (secondary N) is 1. The smallest absolute Gasteiger partial charge is 0.231 e. The Morgan fingerprint density at radius 3 is 2.81 bits per heavy atom. The van der Waals surface area contributed by atoms with E-state index in [0.29, 0.717) is 17.5 Å². The van der Waals surface area contributed by atoms with Crippen molar-refractivity contribution in [3.63, 3.8) is 0 Å². The number of hydrogen-bond acceptors (Lipinski definition) is 5. The van der Waals surface area contributed by atoms with E-state index >= 15 is 0 Å². The Kier molecular flexibility index (Phi) is 3.92. The monoisotopic (exact) mass is 286 g/mol. The molecule has 0 saturated heterocycles. The maximum absolute atomic E-state index is 5.85. The van der Waals surface area contributed by atoms with Crippen LogP contribution in [0.15, 0.2) is 36.5 Å². The van der Waals surface area contributed by atoms with Crippen LogP contribution in [0.5, 0.6) is 23.0 Å². The number of aromatic nitrogens is 1. The van der Waals surface area contributed by atoms with Gasteiger partial charge in [-0.3, -0.25) is 4.98 Å². The lowest BCUT2D eigenvalue weighted by Crippen LogP contribution is -2.22. The number of benzene rings is 1. The average Bonchev–Trinajstić information content (AvgIpc) is 2.93. The zero-order chi connectivity index (χ0) is 14.7. The fraction of sp³-hybridized carbons (Fsp3) is 0.312. The Morgan fingerprint density at radius 2 is 1.95 bits per heavy atom. The highest BCUT2D eigenvalue weighted by atomic mass is 16.7. The lowest BCUT2D eigenvalue weighted by atomic mass is 10.3. The lowest BCUT2D eigenvalue weighted by Gasteiger charge is -2.10. The van der Waals surface area contributed by atoms with E-state index in [1.54, 1.807) is 6.20 Å². The number of fused-ring (bicyclic) bond motifs is 1. The molecule has 0 aliphatic carbocycles. The van der Waals surface area contributed by atoms with E-state index in [2.05, 4.69) is 24.1 Å². The molecule has 0 unspecified atom stereocenters. The average molecular weight is 286 g/mol. The van der Waals surface area contributed by atoms with Gasteiger partial charge in [-0.15, -0.1) is 0 Å². The van der Waals surface area contributed by atoms with Crippen LogP contribution < -0.4 is 19.5 Å². The van der Waals surface area contributed by atoms with Gasteiger partial charge in [0.1, 0.15) is 11.5 Å². The van der Waals surface area contributed by atoms with Crippen molar-refractivity contribution in [3.05, 3.63) is 42.2 Å². The Labute approximate surface area is 123 Å². The van der Waals surface area contributed by atoms with Gasteiger partial charge in [0.2, 0.25) is 6.79 Å². The van der Waals surface area contributed by atoms with Gasteiger partial charge in [-0.05, 0) is 18.2 Å². The summed E-state index contributed by atoms with van der Waals surface area (Å²) in [6, 6.07) is 9.73. The minimum absolute atomic E-state index is 0.263. The molecule has 0 amide bonds. The zero-order valence-electron chi connectivity index (χ0n) is 12.1. The largest absolute Gasteiger partial charge is 0.457 e. The van der Waals surface area contributed by atoms with Crippen LogP contribution in [-0.2, 0) is 6.54 Å². The first-order chi connectivity index (χ1) is 10.2. The molecule has 0 atom stereocenters. The van der Waals surface area contributed by atoms with Gasteiger partial charge in [0.05, 0.1) is 5.69 Å². The molecule has 1 N–H and O–H groups in total. The highest BCUT2D eigenvalue weighted by molar-refractivity contribution is 5.48. The van der Waals surface area contributed by atoms with Gasteiger partial charge in [-0.2, -0.15) is 0 Å². The summed E-state index contributed by atoms with van der Waals surface area (Å²) in [5.74, 6) is 2.93. The summed E-state index contributed by atoms with van der Waals surface area (Å²) in [7, 11) is 0. The second kappa shape index (κ2) is 6.01. The minimum atomic E-state index is 0.263. The van der Waals surface area contributed by atoms with Crippen LogP contribution in [-0.4, -0.2) is 17.8 Å². The summed E-state index contributed by atoms with van der Waals surface area (Å²) in [4.78, 5) is 4.32. The van der Waals surface area contributed by atoms with Crippen molar-refractivity contribution in [2.75, 3.05) is 6.79 Å². The molecule has 5 heteroatoms. The van der Waals surface area contributed by atoms with Crippen LogP contribution in [0, 0.1) is 0 Å². The normalized spacial score (nSPS) is 12.7. The number of ether oxygens (including phenoxy) is 3. The molecule has 5 nitrogen and oxygen atoms in total. The van der Waals surface area contributed by atoms with Crippen molar-refractivity contribution in [2.24, 2.45) is 0 Å². The van der Waals surface area contributed by atoms with Crippen LogP contribution in [0.3, 0.4) is 0 Å². The Balaban J connectivity index is 1.71. The second-order valence-corrected chi connectivity index (χ2v) is 5.14. The quantitative estimate of drug-likeness (QED) is 0.915. The molecule has 1 aromatic carbocycles. The Morgan fingerprint density at radius 1 is 1.14 bits per heavy atom. The molecule has 1 aromatic heterocycles. The van der Waals surface area contributed by atoms with Gasteiger partial charge in [0, 0.05) is 30.9 Å². The van der Waals surface area contributed by atoms with E-state index in [4.69, 9.17) is 14.2 Å². The minimum Gasteiger partial charge on any atom is -0.457 e. The number of nitrogens with zero attached hydrogens (tertiary/aromatic N) is 1. The summed E-state index contributed by atoms with van der Waals surface area (Å²) in [6.45, 7) is 5.19. The molecule has 3 rings (SSSR count). The molecule has 1 aliphatic rings. The molecule has 2 aromatic rings. The maximum atomic E-state index is 5.85. The molecule has 1 aliphatic heterocycles. The Hall–Kier alpha value is -2.27. The highest BCUT2D eigenvalue weighted by Gasteiger charge is 2.14. The second-order valence-electron chi connectivity index (χ2n) is 5.14. The SMILES string of the molecule is CC(C)NCc1cc(Oc2ccc3c(c2)OCO3)ccn1. The third-order valence-electron chi connectivity index (χ3n) is 3.06. The molecular formula is C16H18N2O3. The number of rotatable bonds is 5. The molecule has 110 valence electrons. The van der Waals surface area contributed by atoms with Crippen molar-refractivity contribution in [2.45, 2.75) is 26.4 Å². The summed E-state index contributed by atoms with van der Waals surface area (Å²) in [5.41, 5.74) is 0.946. The first kappa shape index (κ1) is 13.7. The van der Waals surface area contributed by atoms with E-state index in [1.165, 1.54) is 0 Å². The van der Waals surface area contributed by atoms with Gasteiger partial charge in [0.15, 0.2) is 11.5 Å². The van der Waals surface area contributed by atoms with Crippen molar-refractivity contribution < 1.29 is 14.2 Å². The summed E-state index contributed by atoms with van der Waals surface area (Å²) in [5, 5.41) is 3.33. The first-order valence-corrected chi connectivity index (χ1v) is 6.96. The van der Waals surface area contributed by atoms with E-state index in [1.807, 2.05) is 30.3 Å². The lowest BCUT2D eigenvalue weighted by molar-refractivity contribution is 0.174. The van der Waals surface area contributed by atoms with Gasteiger partial charge in [-0.25, -0.2) is 0 Å². The van der Waals surface area contributed by atoms with E-state index < -0.39 is 0 Å². The topological polar surface area (TPSA) is 52.6 Å². The number of hydrogen-bond donors (Lipinski definition) is 1. The molecule has 0 spiro atoms. The predicted octanol–water partition coefficient (Wildman–Crippen LogP) is 3.10. The molecule has 2 heterocycles. The summed E-state index contributed by atoms with van der Waals surface area (Å²) < 4.78 is 16.5. The molecule has 0 bridgehead atoms. The van der Waals surface area contributed by atoms with E-state index in [9.17, 15) is 0 Å². The van der Waals surface area contributed by atoms with Crippen LogP contribution in [0.25, 0.3) is 0 Å². The molecule has 0 saturated carbocycles. The predicted molar refractivity (Wildman–Crippen MR) is 78.9 cm³/mol. The van der Waals surface area contributed by atoms with Gasteiger partial charge in [0.25, 0.3) is 0 Å². The zero-order valence-corrected chi connectivity index (χ0v) is 12.1. The first-order valence-electron chi connectivity index (χ1n) is 6.96. The third-order valence-corrected chi connectivity index (χ3v) is 3.06. The van der Waals surface area contributed by atoms with E-state index in [0.717, 1.165) is 23.7 Å². The van der Waals surface area contributed by atoms with Crippen LogP contribution in [0.4, 0.5) is 0 Å². The van der Waals surface area contributed by atoms with Crippen molar-refractivity contribution in [3.8, 4) is 23.0 Å². The molecule has 0 fully saturated rings. The fourth-order valence-corrected chi connectivity index (χ4v) is 2.00. The summed E-state index contributed by atoms with van der Waals surface area (Å²) in [6.07, 6.45) is 1.75. The van der Waals surface area contributed by atoms with Crippen molar-refractivity contribution >= 4 is 0 Å². The standard InChI is InChI=1S/C16H18N2O3/c1-11(2)18-9-12-7-14(5-6-17-12)21-13-3-4-15-16(8-13)20-10-19-15/h3-8,11,18H,9-10H2,1-2H3. The Bertz CT molecular complexity index is 629. The van der Waals surface area contributed by atoms with Crippen LogP contribution in [0.1, 0.15) is 19.5 Å². The van der Waals surface area contributed by atoms with Gasteiger partial charge in [-0.1, -0.05) is 13.8 Å². The molecule has 21 heavy (non-hydrogen) atoms. The fourth-order valence-electron chi connectivity index (χ4n) is 2.00. The summed E-state index contributed by atoms with van der Waals surface area (Å²) >= 11 is 0. The van der Waals surface area contributed by atoms with Gasteiger partial charge < -0.3 is 19.5 Å². The highest BCUT2D eigenvalue weighted by Crippen LogP contribution is 2.36. The van der Waals surface area contributed by atoms with Crippen LogP contribution in [0.2, 0.25) is 0 Å². The van der Waals surface area contributed by atoms with Gasteiger partial charge >= 0.3 is 0 Å². The van der Waals surface area contributed by atoms with Crippen molar-refractivity contribution in [1.82, 2.24) is 10.3 Å². The third kappa shape index (κ3) is 3.44. The van der Waals surface area contributed by atoms with Crippen LogP contribution >= 0.6 is 0 Å². The van der Waals surface area contributed by atoms with E-state index in [-0.39, 0.29) is 6.79 Å².